The second-order valence-corrected chi connectivity index (χ2v) is 5.28. The first-order chi connectivity index (χ1) is 7.83. The minimum atomic E-state index is 0.517. The molecule has 94 valence electrons. The molecular formula is C13H26N2O. The van der Waals surface area contributed by atoms with Crippen LogP contribution >= 0.6 is 0 Å². The lowest BCUT2D eigenvalue weighted by atomic mass is 9.89. The van der Waals surface area contributed by atoms with Crippen molar-refractivity contribution >= 4 is 0 Å². The van der Waals surface area contributed by atoms with Crippen LogP contribution in [0.2, 0.25) is 0 Å². The number of morpholine rings is 1. The number of nitrogens with zero attached hydrogens (tertiary/aromatic N) is 1. The molecule has 3 unspecified atom stereocenters. The average Bonchev–Trinajstić information content (AvgIpc) is 2.35. The molecule has 0 bridgehead atoms. The summed E-state index contributed by atoms with van der Waals surface area (Å²) in [5.74, 6) is 0. The molecule has 16 heavy (non-hydrogen) atoms. The quantitative estimate of drug-likeness (QED) is 0.794. The van der Waals surface area contributed by atoms with Crippen LogP contribution in [0.3, 0.4) is 0 Å². The Morgan fingerprint density at radius 3 is 3.00 bits per heavy atom. The van der Waals surface area contributed by atoms with Crippen molar-refractivity contribution in [3.05, 3.63) is 0 Å². The monoisotopic (exact) mass is 226 g/mol. The summed E-state index contributed by atoms with van der Waals surface area (Å²) in [6.45, 7) is 5.22. The molecule has 1 saturated carbocycles. The Hall–Kier alpha value is -0.120. The van der Waals surface area contributed by atoms with Gasteiger partial charge in [-0.15, -0.1) is 0 Å². The third-order valence-corrected chi connectivity index (χ3v) is 4.17. The first-order valence-electron chi connectivity index (χ1n) is 6.90. The molecule has 1 heterocycles. The Morgan fingerprint density at radius 1 is 1.38 bits per heavy atom. The molecule has 2 N–H and O–H groups in total. The predicted molar refractivity (Wildman–Crippen MR) is 66.5 cm³/mol. The molecule has 0 radical (unpaired) electrons. The van der Waals surface area contributed by atoms with E-state index in [-0.39, 0.29) is 0 Å². The Kier molecular flexibility index (Phi) is 4.62. The van der Waals surface area contributed by atoms with Crippen molar-refractivity contribution < 1.29 is 4.74 Å². The zero-order chi connectivity index (χ0) is 11.4. The van der Waals surface area contributed by atoms with Gasteiger partial charge in [0.25, 0.3) is 0 Å². The smallest absolute Gasteiger partial charge is 0.0731 e. The molecule has 2 aliphatic rings. The molecule has 1 saturated heterocycles. The maximum atomic E-state index is 5.90. The molecule has 0 spiro atoms. The van der Waals surface area contributed by atoms with E-state index in [1.165, 1.54) is 32.1 Å². The van der Waals surface area contributed by atoms with Gasteiger partial charge in [-0.2, -0.15) is 0 Å². The molecular weight excluding hydrogens is 200 g/mol. The summed E-state index contributed by atoms with van der Waals surface area (Å²) >= 11 is 0. The largest absolute Gasteiger partial charge is 0.375 e. The fourth-order valence-corrected chi connectivity index (χ4v) is 3.25. The first-order valence-corrected chi connectivity index (χ1v) is 6.90. The summed E-state index contributed by atoms with van der Waals surface area (Å²) in [5, 5.41) is 0. The second-order valence-electron chi connectivity index (χ2n) is 5.28. The third kappa shape index (κ3) is 2.76. The van der Waals surface area contributed by atoms with Crippen molar-refractivity contribution in [2.24, 2.45) is 5.73 Å². The van der Waals surface area contributed by atoms with E-state index >= 15 is 0 Å². The Balaban J connectivity index is 1.91. The van der Waals surface area contributed by atoms with Gasteiger partial charge in [0.15, 0.2) is 0 Å². The highest BCUT2D eigenvalue weighted by Crippen LogP contribution is 2.30. The standard InChI is InChI=1S/C13H26N2O/c1-11(5-4-8-14)15-9-10-16-13-7-3-2-6-12(13)15/h11-13H,2-10,14H2,1H3. The van der Waals surface area contributed by atoms with Gasteiger partial charge < -0.3 is 10.5 Å². The van der Waals surface area contributed by atoms with Gasteiger partial charge in [-0.05, 0) is 39.2 Å². The topological polar surface area (TPSA) is 38.5 Å². The van der Waals surface area contributed by atoms with Crippen LogP contribution in [-0.4, -0.2) is 42.8 Å². The average molecular weight is 226 g/mol. The van der Waals surface area contributed by atoms with E-state index in [0.29, 0.717) is 18.2 Å². The molecule has 0 aromatic rings. The summed E-state index contributed by atoms with van der Waals surface area (Å²) in [4.78, 5) is 2.68. The number of ether oxygens (including phenoxy) is 1. The van der Waals surface area contributed by atoms with Crippen LogP contribution in [-0.2, 0) is 4.74 Å². The van der Waals surface area contributed by atoms with Gasteiger partial charge in [-0.1, -0.05) is 12.8 Å². The first kappa shape index (κ1) is 12.3. The normalized spacial score (nSPS) is 33.4. The third-order valence-electron chi connectivity index (χ3n) is 4.17. The maximum absolute atomic E-state index is 5.90. The van der Waals surface area contributed by atoms with Gasteiger partial charge in [-0.3, -0.25) is 4.90 Å². The van der Waals surface area contributed by atoms with E-state index in [2.05, 4.69) is 11.8 Å². The minimum Gasteiger partial charge on any atom is -0.375 e. The fraction of sp³-hybridized carbons (Fsp3) is 1.00. The van der Waals surface area contributed by atoms with Gasteiger partial charge in [0.05, 0.1) is 12.7 Å². The van der Waals surface area contributed by atoms with Crippen LogP contribution in [0.5, 0.6) is 0 Å². The summed E-state index contributed by atoms with van der Waals surface area (Å²) in [6.07, 6.45) is 8.23. The van der Waals surface area contributed by atoms with Crippen molar-refractivity contribution in [1.82, 2.24) is 4.90 Å². The molecule has 1 aliphatic carbocycles. The molecule has 2 fully saturated rings. The summed E-state index contributed by atoms with van der Waals surface area (Å²) in [5.41, 5.74) is 5.59. The summed E-state index contributed by atoms with van der Waals surface area (Å²) < 4.78 is 5.90. The molecule has 3 atom stereocenters. The number of hydrogen-bond donors (Lipinski definition) is 1. The van der Waals surface area contributed by atoms with Crippen molar-refractivity contribution in [3.63, 3.8) is 0 Å². The van der Waals surface area contributed by atoms with E-state index in [9.17, 15) is 0 Å². The van der Waals surface area contributed by atoms with Crippen molar-refractivity contribution in [2.45, 2.75) is 63.6 Å². The lowest BCUT2D eigenvalue weighted by Crippen LogP contribution is -2.55. The molecule has 0 aromatic heterocycles. The van der Waals surface area contributed by atoms with Crippen LogP contribution < -0.4 is 5.73 Å². The molecule has 0 aromatic carbocycles. The SMILES string of the molecule is CC(CCCN)N1CCOC2CCCCC21. The van der Waals surface area contributed by atoms with Crippen molar-refractivity contribution in [2.75, 3.05) is 19.7 Å². The van der Waals surface area contributed by atoms with Gasteiger partial charge in [0.2, 0.25) is 0 Å². The maximum Gasteiger partial charge on any atom is 0.0731 e. The van der Waals surface area contributed by atoms with Crippen LogP contribution in [0.1, 0.15) is 45.4 Å². The highest BCUT2D eigenvalue weighted by Gasteiger charge is 2.35. The molecule has 0 amide bonds. The van der Waals surface area contributed by atoms with Gasteiger partial charge in [0.1, 0.15) is 0 Å². The number of rotatable bonds is 4. The molecule has 3 heteroatoms. The van der Waals surface area contributed by atoms with Crippen LogP contribution in [0.4, 0.5) is 0 Å². The van der Waals surface area contributed by atoms with E-state index in [1.807, 2.05) is 0 Å². The van der Waals surface area contributed by atoms with Crippen LogP contribution in [0.25, 0.3) is 0 Å². The fourth-order valence-electron chi connectivity index (χ4n) is 3.25. The highest BCUT2D eigenvalue weighted by atomic mass is 16.5. The predicted octanol–water partition coefficient (Wildman–Crippen LogP) is 1.76. The number of nitrogens with two attached hydrogens (primary N) is 1. The zero-order valence-corrected chi connectivity index (χ0v) is 10.5. The second kappa shape index (κ2) is 5.99. The minimum absolute atomic E-state index is 0.517. The molecule has 2 rings (SSSR count). The highest BCUT2D eigenvalue weighted by molar-refractivity contribution is 4.89. The van der Waals surface area contributed by atoms with E-state index in [1.54, 1.807) is 0 Å². The van der Waals surface area contributed by atoms with Crippen LogP contribution in [0.15, 0.2) is 0 Å². The number of hydrogen-bond acceptors (Lipinski definition) is 3. The Bertz CT molecular complexity index is 208. The lowest BCUT2D eigenvalue weighted by molar-refractivity contribution is -0.101. The van der Waals surface area contributed by atoms with E-state index in [4.69, 9.17) is 10.5 Å². The molecule has 3 nitrogen and oxygen atoms in total. The van der Waals surface area contributed by atoms with Crippen molar-refractivity contribution in [1.29, 1.82) is 0 Å². The van der Waals surface area contributed by atoms with Crippen molar-refractivity contribution in [3.8, 4) is 0 Å². The number of fused-ring (bicyclic) bond motifs is 1. The van der Waals surface area contributed by atoms with Gasteiger partial charge >= 0.3 is 0 Å². The van der Waals surface area contributed by atoms with Gasteiger partial charge in [0, 0.05) is 18.6 Å². The Morgan fingerprint density at radius 2 is 2.19 bits per heavy atom. The van der Waals surface area contributed by atoms with Crippen LogP contribution in [0, 0.1) is 0 Å². The Labute approximate surface area is 99.3 Å². The zero-order valence-electron chi connectivity index (χ0n) is 10.5. The molecule has 1 aliphatic heterocycles. The van der Waals surface area contributed by atoms with Gasteiger partial charge in [-0.25, -0.2) is 0 Å². The summed E-state index contributed by atoms with van der Waals surface area (Å²) in [6, 6.07) is 1.37. The van der Waals surface area contributed by atoms with E-state index < -0.39 is 0 Å². The van der Waals surface area contributed by atoms with E-state index in [0.717, 1.165) is 26.1 Å². The summed E-state index contributed by atoms with van der Waals surface area (Å²) in [7, 11) is 0. The lowest BCUT2D eigenvalue weighted by Gasteiger charge is -2.46.